The molecule has 5 aromatic heterocycles. The van der Waals surface area contributed by atoms with Crippen LogP contribution in [0.25, 0.3) is 28.7 Å². The van der Waals surface area contributed by atoms with Crippen molar-refractivity contribution < 1.29 is 41.8 Å². The van der Waals surface area contributed by atoms with E-state index in [1.807, 2.05) is 5.10 Å². The number of nitrogens with zero attached hydrogens (tertiary/aromatic N) is 10. The van der Waals surface area contributed by atoms with Gasteiger partial charge in [-0.1, -0.05) is 6.07 Å². The number of aromatic amines is 1. The molecular formula is C30H32F3N11O6. The number of esters is 1. The van der Waals surface area contributed by atoms with Crippen molar-refractivity contribution in [2.75, 3.05) is 25.5 Å². The van der Waals surface area contributed by atoms with E-state index in [4.69, 9.17) is 14.2 Å². The van der Waals surface area contributed by atoms with Gasteiger partial charge in [0.2, 0.25) is 17.4 Å². The van der Waals surface area contributed by atoms with E-state index in [1.54, 1.807) is 52.1 Å². The van der Waals surface area contributed by atoms with Crippen LogP contribution in [0.5, 0.6) is 0 Å². The number of hydrogen-bond donors (Lipinski definition) is 1. The molecule has 1 atom stereocenters. The van der Waals surface area contributed by atoms with E-state index < -0.39 is 42.0 Å². The Kier molecular flexibility index (Phi) is 9.73. The predicted molar refractivity (Wildman–Crippen MR) is 167 cm³/mol. The van der Waals surface area contributed by atoms with Crippen LogP contribution in [-0.4, -0.2) is 93.4 Å². The SMILES string of the molecule is CC(OC(=O)N(C)c1ncccc1COC(=O)CN(C)C(=O)OC(C)(C)C)n1cncc1-c1c(-c2n[nH]c(C(F)(F)F)n2)nc2ncccn12. The maximum atomic E-state index is 13.4. The second kappa shape index (κ2) is 13.8. The number of carbonyl (C=O) groups excluding carboxylic acids is 3. The number of H-pyrrole nitrogens is 1. The van der Waals surface area contributed by atoms with Crippen molar-refractivity contribution in [3.63, 3.8) is 0 Å². The molecule has 0 radical (unpaired) electrons. The third-order valence-corrected chi connectivity index (χ3v) is 6.86. The number of hydrogen-bond acceptors (Lipinski definition) is 12. The van der Waals surface area contributed by atoms with Gasteiger partial charge in [-0.05, 0) is 39.8 Å². The van der Waals surface area contributed by atoms with Crippen LogP contribution in [0.4, 0.5) is 28.6 Å². The quantitative estimate of drug-likeness (QED) is 0.168. The van der Waals surface area contributed by atoms with Gasteiger partial charge in [0.25, 0.3) is 0 Å². The monoisotopic (exact) mass is 699 g/mol. The van der Waals surface area contributed by atoms with Crippen LogP contribution in [0.2, 0.25) is 0 Å². The number of carbonyl (C=O) groups is 3. The molecule has 1 N–H and O–H groups in total. The summed E-state index contributed by atoms with van der Waals surface area (Å²) >= 11 is 0. The first-order valence-corrected chi connectivity index (χ1v) is 14.9. The number of aromatic nitrogens is 9. The lowest BCUT2D eigenvalue weighted by atomic mass is 10.2. The van der Waals surface area contributed by atoms with Crippen LogP contribution in [0.15, 0.2) is 49.3 Å². The molecule has 0 aliphatic heterocycles. The second-order valence-electron chi connectivity index (χ2n) is 11.8. The average Bonchev–Trinajstić information content (AvgIpc) is 3.81. The van der Waals surface area contributed by atoms with E-state index in [0.717, 1.165) is 9.80 Å². The highest BCUT2D eigenvalue weighted by atomic mass is 19.4. The number of rotatable bonds is 9. The molecule has 50 heavy (non-hydrogen) atoms. The van der Waals surface area contributed by atoms with E-state index in [2.05, 4.69) is 30.0 Å². The molecule has 5 rings (SSSR count). The minimum absolute atomic E-state index is 0.0298. The Hall–Kier alpha value is -6.08. The molecule has 0 aromatic carbocycles. The van der Waals surface area contributed by atoms with Gasteiger partial charge in [-0.15, -0.1) is 0 Å². The zero-order valence-electron chi connectivity index (χ0n) is 27.7. The fraction of sp³-hybridized carbons (Fsp3) is 0.367. The summed E-state index contributed by atoms with van der Waals surface area (Å²) in [6, 6.07) is 4.79. The van der Waals surface area contributed by atoms with E-state index in [0.29, 0.717) is 11.3 Å². The van der Waals surface area contributed by atoms with E-state index >= 15 is 0 Å². The first kappa shape index (κ1) is 35.2. The number of fused-ring (bicyclic) bond motifs is 1. The molecule has 1 unspecified atom stereocenters. The van der Waals surface area contributed by atoms with Crippen LogP contribution < -0.4 is 4.90 Å². The fourth-order valence-electron chi connectivity index (χ4n) is 4.58. The zero-order valence-corrected chi connectivity index (χ0v) is 27.7. The second-order valence-corrected chi connectivity index (χ2v) is 11.8. The molecule has 0 saturated carbocycles. The van der Waals surface area contributed by atoms with Crippen molar-refractivity contribution in [3.8, 4) is 22.9 Å². The Morgan fingerprint density at radius 2 is 1.78 bits per heavy atom. The highest BCUT2D eigenvalue weighted by Gasteiger charge is 2.36. The standard InChI is InChI=1S/C30H32F3N11O6/c1-17(49-28(47)42(6)24-18(9-7-10-35-24)15-48-20(45)14-41(5)27(46)50-29(2,3)4)44-16-34-13-19(44)22-21(37-26-36-11-8-12-43(22)26)23-38-25(40-39-23)30(31,32)33/h7-13,16-17H,14-15H2,1-6H3,(H,38,39,40). The molecule has 264 valence electrons. The number of halogens is 3. The fourth-order valence-corrected chi connectivity index (χ4v) is 4.58. The number of ether oxygens (including phenoxy) is 3. The summed E-state index contributed by atoms with van der Waals surface area (Å²) in [5.41, 5.74) is 0.123. The number of nitrogens with one attached hydrogen (secondary N) is 1. The van der Waals surface area contributed by atoms with Crippen LogP contribution in [0, 0.1) is 0 Å². The summed E-state index contributed by atoms with van der Waals surface area (Å²) in [6.45, 7) is 6.00. The Bertz CT molecular complexity index is 2020. The third kappa shape index (κ3) is 7.79. The maximum Gasteiger partial charge on any atom is 0.451 e. The Morgan fingerprint density at radius 3 is 2.48 bits per heavy atom. The largest absolute Gasteiger partial charge is 0.459 e. The number of amides is 2. The molecule has 0 fully saturated rings. The smallest absolute Gasteiger partial charge is 0.451 e. The first-order chi connectivity index (χ1) is 23.5. The summed E-state index contributed by atoms with van der Waals surface area (Å²) in [5.74, 6) is -2.09. The summed E-state index contributed by atoms with van der Waals surface area (Å²) in [4.78, 5) is 60.8. The van der Waals surface area contributed by atoms with Crippen molar-refractivity contribution in [2.45, 2.75) is 52.3 Å². The van der Waals surface area contributed by atoms with Gasteiger partial charge in [-0.2, -0.15) is 18.3 Å². The van der Waals surface area contributed by atoms with Crippen molar-refractivity contribution >= 4 is 29.8 Å². The van der Waals surface area contributed by atoms with Gasteiger partial charge in [0.15, 0.2) is 6.23 Å². The van der Waals surface area contributed by atoms with Gasteiger partial charge in [-0.3, -0.25) is 23.8 Å². The number of imidazole rings is 2. The Balaban J connectivity index is 1.32. The highest BCUT2D eigenvalue weighted by molar-refractivity contribution is 5.87. The molecule has 0 aliphatic rings. The highest BCUT2D eigenvalue weighted by Crippen LogP contribution is 2.34. The topological polar surface area (TPSA) is 188 Å². The van der Waals surface area contributed by atoms with Crippen molar-refractivity contribution in [2.24, 2.45) is 0 Å². The molecule has 0 aliphatic carbocycles. The van der Waals surface area contributed by atoms with E-state index in [1.165, 1.54) is 48.0 Å². The van der Waals surface area contributed by atoms with Gasteiger partial charge in [0.05, 0.1) is 18.2 Å². The summed E-state index contributed by atoms with van der Waals surface area (Å²) in [5, 5.41) is 5.61. The normalized spacial score (nSPS) is 12.4. The molecule has 20 heteroatoms. The first-order valence-electron chi connectivity index (χ1n) is 14.9. The molecule has 0 bridgehead atoms. The number of pyridine rings is 1. The van der Waals surface area contributed by atoms with Gasteiger partial charge >= 0.3 is 24.3 Å². The van der Waals surface area contributed by atoms with Gasteiger partial charge in [0.1, 0.15) is 36.0 Å². The van der Waals surface area contributed by atoms with Crippen molar-refractivity contribution in [1.29, 1.82) is 0 Å². The zero-order chi connectivity index (χ0) is 36.4. The Labute approximate surface area is 282 Å². The van der Waals surface area contributed by atoms with Gasteiger partial charge in [-0.25, -0.2) is 34.5 Å². The van der Waals surface area contributed by atoms with Crippen LogP contribution in [0.1, 0.15) is 45.3 Å². The molecule has 0 saturated heterocycles. The van der Waals surface area contributed by atoms with Crippen LogP contribution in [-0.2, 0) is 31.8 Å². The van der Waals surface area contributed by atoms with Crippen molar-refractivity contribution in [3.05, 3.63) is 60.7 Å². The predicted octanol–water partition coefficient (Wildman–Crippen LogP) is 4.49. The van der Waals surface area contributed by atoms with E-state index in [9.17, 15) is 27.6 Å². The molecule has 5 heterocycles. The molecule has 0 spiro atoms. The summed E-state index contributed by atoms with van der Waals surface area (Å²) in [6.07, 6.45) is -0.0702. The van der Waals surface area contributed by atoms with Crippen molar-refractivity contribution in [1.82, 2.24) is 49.0 Å². The number of alkyl halides is 3. The molecule has 5 aromatic rings. The number of likely N-dealkylation sites (N-methyl/N-ethyl adjacent to an activating group) is 1. The van der Waals surface area contributed by atoms with Crippen LogP contribution >= 0.6 is 0 Å². The van der Waals surface area contributed by atoms with E-state index in [-0.39, 0.29) is 42.0 Å². The summed E-state index contributed by atoms with van der Waals surface area (Å²) in [7, 11) is 2.80. The average molecular weight is 700 g/mol. The lowest BCUT2D eigenvalue weighted by Crippen LogP contribution is -2.37. The summed E-state index contributed by atoms with van der Waals surface area (Å²) < 4.78 is 59.2. The molecule has 2 amide bonds. The minimum atomic E-state index is -4.77. The Morgan fingerprint density at radius 1 is 1.04 bits per heavy atom. The van der Waals surface area contributed by atoms with Crippen LogP contribution in [0.3, 0.4) is 0 Å². The molecule has 17 nitrogen and oxygen atoms in total. The molecular weight excluding hydrogens is 667 g/mol. The lowest BCUT2D eigenvalue weighted by molar-refractivity contribution is -0.146. The maximum absolute atomic E-state index is 13.4. The third-order valence-electron chi connectivity index (χ3n) is 6.86. The number of anilines is 1. The van der Waals surface area contributed by atoms with Gasteiger partial charge in [0, 0.05) is 38.2 Å². The lowest BCUT2D eigenvalue weighted by Gasteiger charge is -2.24. The van der Waals surface area contributed by atoms with Gasteiger partial charge < -0.3 is 19.1 Å². The minimum Gasteiger partial charge on any atom is -0.459 e.